The smallest absolute Gasteiger partial charge is 0.234 e. The molecular weight excluding hydrogens is 424 g/mol. The maximum absolute atomic E-state index is 12.4. The van der Waals surface area contributed by atoms with Gasteiger partial charge in [-0.2, -0.15) is 5.10 Å². The van der Waals surface area contributed by atoms with E-state index in [0.29, 0.717) is 13.2 Å². The first-order valence-electron chi connectivity index (χ1n) is 10.4. The zero-order chi connectivity index (χ0) is 22.3. The molecule has 164 valence electrons. The fraction of sp³-hybridized carbons (Fsp3) is 0.208. The Kier molecular flexibility index (Phi) is 6.91. The molecule has 7 nitrogen and oxygen atoms in total. The number of hydrogen-bond acceptors (Lipinski definition) is 6. The van der Waals surface area contributed by atoms with Gasteiger partial charge in [0.2, 0.25) is 5.91 Å². The van der Waals surface area contributed by atoms with E-state index in [0.717, 1.165) is 39.0 Å². The molecule has 0 saturated carbocycles. The normalized spacial score (nSPS) is 10.8. The molecule has 1 amide bonds. The van der Waals surface area contributed by atoms with Crippen LogP contribution in [0.2, 0.25) is 0 Å². The molecule has 0 aliphatic heterocycles. The largest absolute Gasteiger partial charge is 0.494 e. The highest BCUT2D eigenvalue weighted by atomic mass is 32.2. The number of anilines is 1. The van der Waals surface area contributed by atoms with Gasteiger partial charge in [-0.1, -0.05) is 11.8 Å². The Balaban J connectivity index is 1.43. The summed E-state index contributed by atoms with van der Waals surface area (Å²) in [5.41, 5.74) is 3.41. The second kappa shape index (κ2) is 10.2. The number of hydrogen-bond donors (Lipinski definition) is 1. The zero-order valence-electron chi connectivity index (χ0n) is 17.9. The van der Waals surface area contributed by atoms with Gasteiger partial charge >= 0.3 is 0 Å². The summed E-state index contributed by atoms with van der Waals surface area (Å²) in [7, 11) is 0. The number of fused-ring (bicyclic) bond motifs is 1. The summed E-state index contributed by atoms with van der Waals surface area (Å²) in [4.78, 5) is 16.9. The van der Waals surface area contributed by atoms with E-state index < -0.39 is 0 Å². The van der Waals surface area contributed by atoms with Crippen LogP contribution in [0.15, 0.2) is 72.0 Å². The van der Waals surface area contributed by atoms with Crippen molar-refractivity contribution >= 4 is 28.9 Å². The molecule has 0 saturated heterocycles. The fourth-order valence-electron chi connectivity index (χ4n) is 3.17. The summed E-state index contributed by atoms with van der Waals surface area (Å²) in [6.07, 6.45) is 3.49. The number of benzene rings is 2. The lowest BCUT2D eigenvalue weighted by Crippen LogP contribution is -2.14. The molecule has 0 bridgehead atoms. The number of thioether (sulfide) groups is 1. The van der Waals surface area contributed by atoms with E-state index in [1.807, 2.05) is 68.4 Å². The number of carbonyl (C=O) groups is 1. The Bertz CT molecular complexity index is 1190. The molecule has 0 atom stereocenters. The molecule has 0 aliphatic rings. The molecule has 8 heteroatoms. The second-order valence-electron chi connectivity index (χ2n) is 6.84. The number of aromatic nitrogens is 3. The summed E-state index contributed by atoms with van der Waals surface area (Å²) in [5, 5.41) is 8.30. The van der Waals surface area contributed by atoms with E-state index in [1.54, 1.807) is 16.9 Å². The minimum absolute atomic E-state index is 0.103. The van der Waals surface area contributed by atoms with Crippen molar-refractivity contribution in [3.63, 3.8) is 0 Å². The standard InChI is InChI=1S/C24H24N4O3S/c1-3-30-19-9-5-17(6-10-19)21-15-22-24(25-13-14-28(22)27-21)32-16-23(29)26-18-7-11-20(12-8-18)31-4-2/h5-15H,3-4,16H2,1-2H3,(H,26,29). The van der Waals surface area contributed by atoms with Crippen molar-refractivity contribution < 1.29 is 14.3 Å². The van der Waals surface area contributed by atoms with Crippen LogP contribution in [0.3, 0.4) is 0 Å². The second-order valence-corrected chi connectivity index (χ2v) is 7.81. The van der Waals surface area contributed by atoms with Gasteiger partial charge in [0.15, 0.2) is 0 Å². The Labute approximate surface area is 190 Å². The average Bonchev–Trinajstić information content (AvgIpc) is 3.25. The van der Waals surface area contributed by atoms with Crippen molar-refractivity contribution in [2.75, 3.05) is 24.3 Å². The summed E-state index contributed by atoms with van der Waals surface area (Å²) in [6, 6.07) is 17.1. The molecule has 2 heterocycles. The summed E-state index contributed by atoms with van der Waals surface area (Å²) < 4.78 is 12.7. The highest BCUT2D eigenvalue weighted by Gasteiger charge is 2.12. The number of nitrogens with one attached hydrogen (secondary N) is 1. The van der Waals surface area contributed by atoms with E-state index in [2.05, 4.69) is 15.4 Å². The van der Waals surface area contributed by atoms with Crippen molar-refractivity contribution in [1.29, 1.82) is 0 Å². The highest BCUT2D eigenvalue weighted by Crippen LogP contribution is 2.27. The SMILES string of the molecule is CCOc1ccc(NC(=O)CSc2nccn3nc(-c4ccc(OCC)cc4)cc23)cc1. The Hall–Kier alpha value is -3.52. The first-order valence-corrected chi connectivity index (χ1v) is 11.4. The monoisotopic (exact) mass is 448 g/mol. The third kappa shape index (κ3) is 5.20. The van der Waals surface area contributed by atoms with Crippen LogP contribution in [0.4, 0.5) is 5.69 Å². The Morgan fingerprint density at radius 1 is 1.00 bits per heavy atom. The van der Waals surface area contributed by atoms with Gasteiger partial charge in [-0.3, -0.25) is 4.79 Å². The molecule has 0 radical (unpaired) electrons. The van der Waals surface area contributed by atoms with Gasteiger partial charge in [0.25, 0.3) is 0 Å². The first-order chi connectivity index (χ1) is 15.7. The van der Waals surface area contributed by atoms with E-state index in [-0.39, 0.29) is 11.7 Å². The Morgan fingerprint density at radius 3 is 2.31 bits per heavy atom. The lowest BCUT2D eigenvalue weighted by molar-refractivity contribution is -0.113. The topological polar surface area (TPSA) is 77.8 Å². The number of ether oxygens (including phenoxy) is 2. The van der Waals surface area contributed by atoms with Crippen molar-refractivity contribution in [3.8, 4) is 22.8 Å². The zero-order valence-corrected chi connectivity index (χ0v) is 18.8. The van der Waals surface area contributed by atoms with E-state index >= 15 is 0 Å². The fourth-order valence-corrected chi connectivity index (χ4v) is 3.95. The molecule has 0 fully saturated rings. The lowest BCUT2D eigenvalue weighted by atomic mass is 10.1. The predicted molar refractivity (Wildman–Crippen MR) is 127 cm³/mol. The predicted octanol–water partition coefficient (Wildman–Crippen LogP) is 4.92. The van der Waals surface area contributed by atoms with Crippen LogP contribution in [0, 0.1) is 0 Å². The van der Waals surface area contributed by atoms with Crippen molar-refractivity contribution in [1.82, 2.24) is 14.6 Å². The van der Waals surface area contributed by atoms with Crippen molar-refractivity contribution in [2.45, 2.75) is 18.9 Å². The lowest BCUT2D eigenvalue weighted by Gasteiger charge is -2.07. The minimum Gasteiger partial charge on any atom is -0.494 e. The maximum Gasteiger partial charge on any atom is 0.234 e. The van der Waals surface area contributed by atoms with Gasteiger partial charge in [-0.15, -0.1) is 0 Å². The van der Waals surface area contributed by atoms with Crippen LogP contribution < -0.4 is 14.8 Å². The molecule has 0 unspecified atom stereocenters. The molecule has 4 aromatic rings. The first kappa shape index (κ1) is 21.7. The highest BCUT2D eigenvalue weighted by molar-refractivity contribution is 8.00. The molecule has 2 aromatic carbocycles. The summed E-state index contributed by atoms with van der Waals surface area (Å²) >= 11 is 1.38. The van der Waals surface area contributed by atoms with Gasteiger partial charge in [0.1, 0.15) is 16.5 Å². The number of nitrogens with zero attached hydrogens (tertiary/aromatic N) is 3. The number of carbonyl (C=O) groups excluding carboxylic acids is 1. The molecule has 1 N–H and O–H groups in total. The van der Waals surface area contributed by atoms with Gasteiger partial charge < -0.3 is 14.8 Å². The van der Waals surface area contributed by atoms with Crippen LogP contribution in [0.5, 0.6) is 11.5 Å². The van der Waals surface area contributed by atoms with Crippen LogP contribution in [0.25, 0.3) is 16.8 Å². The maximum atomic E-state index is 12.4. The molecule has 0 aliphatic carbocycles. The van der Waals surface area contributed by atoms with Crippen molar-refractivity contribution in [2.24, 2.45) is 0 Å². The van der Waals surface area contributed by atoms with E-state index in [1.165, 1.54) is 11.8 Å². The van der Waals surface area contributed by atoms with Crippen molar-refractivity contribution in [3.05, 3.63) is 67.0 Å². The number of amides is 1. The molecule has 4 rings (SSSR count). The summed E-state index contributed by atoms with van der Waals surface area (Å²) in [5.74, 6) is 1.74. The van der Waals surface area contributed by atoms with Crippen LogP contribution >= 0.6 is 11.8 Å². The molecule has 0 spiro atoms. The Morgan fingerprint density at radius 2 is 1.66 bits per heavy atom. The van der Waals surface area contributed by atoms with Gasteiger partial charge in [0.05, 0.1) is 30.2 Å². The van der Waals surface area contributed by atoms with Crippen LogP contribution in [-0.4, -0.2) is 39.5 Å². The molecular formula is C24H24N4O3S. The van der Waals surface area contributed by atoms with E-state index in [9.17, 15) is 4.79 Å². The van der Waals surface area contributed by atoms with Gasteiger partial charge in [-0.25, -0.2) is 9.50 Å². The summed E-state index contributed by atoms with van der Waals surface area (Å²) in [6.45, 7) is 5.13. The number of rotatable bonds is 9. The van der Waals surface area contributed by atoms with Crippen LogP contribution in [-0.2, 0) is 4.79 Å². The third-order valence-corrected chi connectivity index (χ3v) is 5.60. The molecule has 32 heavy (non-hydrogen) atoms. The van der Waals surface area contributed by atoms with E-state index in [4.69, 9.17) is 9.47 Å². The van der Waals surface area contributed by atoms with Crippen LogP contribution in [0.1, 0.15) is 13.8 Å². The average molecular weight is 449 g/mol. The van der Waals surface area contributed by atoms with Gasteiger partial charge in [-0.05, 0) is 68.4 Å². The quantitative estimate of drug-likeness (QED) is 0.366. The van der Waals surface area contributed by atoms with Gasteiger partial charge in [0, 0.05) is 23.6 Å². The minimum atomic E-state index is -0.103. The molecule has 2 aromatic heterocycles. The third-order valence-electron chi connectivity index (χ3n) is 4.60.